The van der Waals surface area contributed by atoms with Crippen LogP contribution in [0.25, 0.3) is 22.3 Å². The lowest BCUT2D eigenvalue weighted by atomic mass is 9.99. The molecule has 1 N–H and O–H groups in total. The molecule has 0 saturated heterocycles. The van der Waals surface area contributed by atoms with Crippen molar-refractivity contribution in [1.82, 2.24) is 9.55 Å². The van der Waals surface area contributed by atoms with Gasteiger partial charge in [-0.3, -0.25) is 4.79 Å². The molecule has 156 valence electrons. The number of hydrogen-bond acceptors (Lipinski definition) is 6. The highest BCUT2D eigenvalue weighted by Crippen LogP contribution is 2.39. The first kappa shape index (κ1) is 20.4. The second kappa shape index (κ2) is 7.74. The lowest BCUT2D eigenvalue weighted by Gasteiger charge is -2.21. The van der Waals surface area contributed by atoms with E-state index in [4.69, 9.17) is 26.1 Å². The van der Waals surface area contributed by atoms with E-state index in [1.165, 1.54) is 0 Å². The van der Waals surface area contributed by atoms with Gasteiger partial charge in [-0.25, -0.2) is 9.78 Å². The van der Waals surface area contributed by atoms with E-state index < -0.39 is 12.1 Å². The van der Waals surface area contributed by atoms with E-state index in [1.54, 1.807) is 17.7 Å². The number of rotatable bonds is 2. The van der Waals surface area contributed by atoms with E-state index in [9.17, 15) is 14.7 Å². The maximum Gasteiger partial charge on any atom is 0.340 e. The van der Waals surface area contributed by atoms with Crippen molar-refractivity contribution < 1.29 is 19.4 Å². The number of aromatic nitrogens is 2. The Morgan fingerprint density at radius 3 is 2.73 bits per heavy atom. The predicted octanol–water partition coefficient (Wildman–Crippen LogP) is 3.29. The van der Waals surface area contributed by atoms with Crippen LogP contribution in [0.4, 0.5) is 0 Å². The van der Waals surface area contributed by atoms with Gasteiger partial charge in [-0.15, -0.1) is 11.6 Å². The molecule has 0 bridgehead atoms. The lowest BCUT2D eigenvalue weighted by Crippen LogP contribution is -2.32. The Morgan fingerprint density at radius 2 is 2.03 bits per heavy atom. The highest BCUT2D eigenvalue weighted by atomic mass is 35.5. The molecule has 2 aromatic heterocycles. The Bertz CT molecular complexity index is 1230. The van der Waals surface area contributed by atoms with Crippen LogP contribution >= 0.6 is 11.6 Å². The molecule has 5 rings (SSSR count). The van der Waals surface area contributed by atoms with Gasteiger partial charge in [0.2, 0.25) is 0 Å². The SMILES string of the molecule is CC.COc1ccc2nc3c(c(CCl)c2c1)Cn1c-3cc2c(c1=O)COC(=O)C2O. The Kier molecular flexibility index (Phi) is 5.26. The first-order valence-corrected chi connectivity index (χ1v) is 10.2. The summed E-state index contributed by atoms with van der Waals surface area (Å²) in [7, 11) is 1.59. The van der Waals surface area contributed by atoms with Crippen LogP contribution in [0, 0.1) is 0 Å². The molecule has 0 radical (unpaired) electrons. The number of alkyl halides is 1. The summed E-state index contributed by atoms with van der Waals surface area (Å²) in [4.78, 5) is 29.5. The molecule has 0 aliphatic carbocycles. The van der Waals surface area contributed by atoms with Crippen LogP contribution in [-0.4, -0.2) is 27.7 Å². The standard InChI is InChI=1S/C20H15ClN2O5.C2H6/c1-27-9-2-3-15-10(4-9)12(6-21)13-7-23-16(17(13)22-15)5-11-14(19(23)25)8-28-20(26)18(11)24;1-2/h2-5,18,24H,6-8H2,1H3;1-2H3. The quantitative estimate of drug-likeness (QED) is 0.389. The number of aliphatic hydroxyl groups is 1. The van der Waals surface area contributed by atoms with Gasteiger partial charge in [0.05, 0.1) is 36.1 Å². The molecule has 0 fully saturated rings. The highest BCUT2D eigenvalue weighted by Gasteiger charge is 2.34. The molecule has 2 aliphatic rings. The number of ether oxygens (including phenoxy) is 2. The van der Waals surface area contributed by atoms with E-state index in [1.807, 2.05) is 32.0 Å². The molecular weight excluding hydrogens is 408 g/mol. The fourth-order valence-corrected chi connectivity index (χ4v) is 4.27. The third-order valence-electron chi connectivity index (χ3n) is 5.42. The number of nitrogens with zero attached hydrogens (tertiary/aromatic N) is 2. The lowest BCUT2D eigenvalue weighted by molar-refractivity contribution is -0.157. The normalized spacial score (nSPS) is 16.2. The van der Waals surface area contributed by atoms with Gasteiger partial charge in [-0.05, 0) is 29.8 Å². The maximum atomic E-state index is 13.0. The number of halogens is 1. The van der Waals surface area contributed by atoms with Crippen LogP contribution < -0.4 is 10.3 Å². The molecule has 1 aromatic carbocycles. The molecule has 2 aliphatic heterocycles. The van der Waals surface area contributed by atoms with Gasteiger partial charge in [-0.2, -0.15) is 0 Å². The van der Waals surface area contributed by atoms with Gasteiger partial charge in [0.1, 0.15) is 12.4 Å². The van der Waals surface area contributed by atoms with Gasteiger partial charge in [0.15, 0.2) is 6.10 Å². The summed E-state index contributed by atoms with van der Waals surface area (Å²) in [5.74, 6) is 0.193. The first-order chi connectivity index (χ1) is 14.5. The number of aliphatic hydroxyl groups excluding tert-OH is 1. The highest BCUT2D eigenvalue weighted by molar-refractivity contribution is 6.18. The van der Waals surface area contributed by atoms with Gasteiger partial charge in [-0.1, -0.05) is 13.8 Å². The zero-order valence-electron chi connectivity index (χ0n) is 16.9. The second-order valence-corrected chi connectivity index (χ2v) is 7.07. The first-order valence-electron chi connectivity index (χ1n) is 9.70. The average Bonchev–Trinajstić information content (AvgIpc) is 3.14. The minimum absolute atomic E-state index is 0.143. The number of cyclic esters (lactones) is 1. The fraction of sp³-hybridized carbons (Fsp3) is 0.318. The number of fused-ring (bicyclic) bond motifs is 5. The molecule has 8 heteroatoms. The van der Waals surface area contributed by atoms with Crippen LogP contribution in [0.2, 0.25) is 0 Å². The Labute approximate surface area is 177 Å². The molecule has 0 amide bonds. The number of methoxy groups -OCH3 is 1. The number of pyridine rings is 2. The van der Waals surface area contributed by atoms with E-state index >= 15 is 0 Å². The van der Waals surface area contributed by atoms with E-state index in [0.29, 0.717) is 29.2 Å². The van der Waals surface area contributed by atoms with Crippen molar-refractivity contribution in [2.24, 2.45) is 0 Å². The van der Waals surface area contributed by atoms with Crippen molar-refractivity contribution in [3.8, 4) is 17.1 Å². The Morgan fingerprint density at radius 1 is 1.27 bits per heavy atom. The zero-order valence-corrected chi connectivity index (χ0v) is 17.6. The molecule has 3 aromatic rings. The molecule has 7 nitrogen and oxygen atoms in total. The summed E-state index contributed by atoms with van der Waals surface area (Å²) in [6.07, 6.45) is -1.47. The topological polar surface area (TPSA) is 90.7 Å². The van der Waals surface area contributed by atoms with E-state index in [0.717, 1.165) is 22.0 Å². The monoisotopic (exact) mass is 428 g/mol. The predicted molar refractivity (Wildman–Crippen MR) is 113 cm³/mol. The summed E-state index contributed by atoms with van der Waals surface area (Å²) in [5.41, 5.74) is 3.96. The van der Waals surface area contributed by atoms with Crippen LogP contribution in [0.15, 0.2) is 29.1 Å². The summed E-state index contributed by atoms with van der Waals surface area (Å²) in [5, 5.41) is 11.1. The number of benzene rings is 1. The number of carbonyl (C=O) groups is 1. The summed E-state index contributed by atoms with van der Waals surface area (Å²) in [6, 6.07) is 7.20. The van der Waals surface area contributed by atoms with Crippen molar-refractivity contribution in [2.45, 2.75) is 39.0 Å². The molecular formula is C22H21ClN2O5. The molecule has 0 saturated carbocycles. The smallest absolute Gasteiger partial charge is 0.340 e. The summed E-state index contributed by atoms with van der Waals surface area (Å²) in [6.45, 7) is 4.18. The van der Waals surface area contributed by atoms with Gasteiger partial charge < -0.3 is 19.1 Å². The number of esters is 1. The van der Waals surface area contributed by atoms with Gasteiger partial charge >= 0.3 is 5.97 Å². The van der Waals surface area contributed by atoms with Crippen LogP contribution in [0.3, 0.4) is 0 Å². The minimum Gasteiger partial charge on any atom is -0.497 e. The van der Waals surface area contributed by atoms with Gasteiger partial charge in [0.25, 0.3) is 5.56 Å². The van der Waals surface area contributed by atoms with Crippen molar-refractivity contribution in [1.29, 1.82) is 0 Å². The van der Waals surface area contributed by atoms with Gasteiger partial charge in [0, 0.05) is 22.4 Å². The van der Waals surface area contributed by atoms with Crippen LogP contribution in [0.5, 0.6) is 5.75 Å². The van der Waals surface area contributed by atoms with E-state index in [2.05, 4.69) is 0 Å². The fourth-order valence-electron chi connectivity index (χ4n) is 3.97. The zero-order chi connectivity index (χ0) is 21.6. The summed E-state index contributed by atoms with van der Waals surface area (Å²) >= 11 is 6.28. The van der Waals surface area contributed by atoms with Crippen molar-refractivity contribution >= 4 is 28.5 Å². The third kappa shape index (κ3) is 2.88. The van der Waals surface area contributed by atoms with Crippen molar-refractivity contribution in [2.75, 3.05) is 7.11 Å². The summed E-state index contributed by atoms with van der Waals surface area (Å²) < 4.78 is 11.8. The Balaban J connectivity index is 0.00000106. The molecule has 1 atom stereocenters. The van der Waals surface area contributed by atoms with Crippen molar-refractivity contribution in [3.05, 3.63) is 56.9 Å². The number of hydrogen-bond donors (Lipinski definition) is 1. The molecule has 0 spiro atoms. The van der Waals surface area contributed by atoms with Crippen LogP contribution in [-0.2, 0) is 28.6 Å². The van der Waals surface area contributed by atoms with Crippen LogP contribution in [0.1, 0.15) is 42.2 Å². The average molecular weight is 429 g/mol. The largest absolute Gasteiger partial charge is 0.497 e. The second-order valence-electron chi connectivity index (χ2n) is 6.80. The minimum atomic E-state index is -1.47. The van der Waals surface area contributed by atoms with Crippen molar-refractivity contribution in [3.63, 3.8) is 0 Å². The molecule has 4 heterocycles. The molecule has 1 unspecified atom stereocenters. The number of carbonyl (C=O) groups excluding carboxylic acids is 1. The third-order valence-corrected chi connectivity index (χ3v) is 5.68. The Hall–Kier alpha value is -2.90. The van der Waals surface area contributed by atoms with E-state index in [-0.39, 0.29) is 23.6 Å². The maximum absolute atomic E-state index is 13.0. The molecule has 30 heavy (non-hydrogen) atoms.